The molecule has 0 saturated carbocycles. The lowest BCUT2D eigenvalue weighted by atomic mass is 10.5. The van der Waals surface area contributed by atoms with E-state index in [-0.39, 0.29) is 6.17 Å². The Kier molecular flexibility index (Phi) is 2.99. The zero-order valence-corrected chi connectivity index (χ0v) is 7.57. The maximum atomic E-state index is 3.93. The second kappa shape index (κ2) is 4.01. The molecule has 4 heteroatoms. The van der Waals surface area contributed by atoms with Gasteiger partial charge in [-0.1, -0.05) is 0 Å². The van der Waals surface area contributed by atoms with E-state index in [0.29, 0.717) is 0 Å². The largest absolute Gasteiger partial charge is 0.355 e. The first kappa shape index (κ1) is 8.93. The Hall–Kier alpha value is -1.16. The number of nitrogens with one attached hydrogen (secondary N) is 1. The van der Waals surface area contributed by atoms with E-state index in [1.807, 2.05) is 20.2 Å². The van der Waals surface area contributed by atoms with Gasteiger partial charge in [-0.05, 0) is 27.1 Å². The van der Waals surface area contributed by atoms with Crippen molar-refractivity contribution in [3.8, 4) is 0 Å². The van der Waals surface area contributed by atoms with Gasteiger partial charge in [-0.2, -0.15) is 0 Å². The van der Waals surface area contributed by atoms with Crippen LogP contribution in [0.1, 0.15) is 6.92 Å². The van der Waals surface area contributed by atoms with Crippen LogP contribution in [0, 0.1) is 6.33 Å². The smallest absolute Gasteiger partial charge is 0.199 e. The highest BCUT2D eigenvalue weighted by Gasteiger charge is 2.03. The van der Waals surface area contributed by atoms with Crippen molar-refractivity contribution in [1.29, 1.82) is 0 Å². The number of hydrogen-bond acceptors (Lipinski definition) is 4. The fraction of sp³-hybridized carbons (Fsp3) is 0.500. The van der Waals surface area contributed by atoms with Crippen LogP contribution in [0.4, 0.5) is 5.82 Å². The summed E-state index contributed by atoms with van der Waals surface area (Å²) in [6.07, 6.45) is 4.45. The molecule has 0 aromatic carbocycles. The molecule has 0 fully saturated rings. The summed E-state index contributed by atoms with van der Waals surface area (Å²) in [7, 11) is 4.01. The molecule has 0 aliphatic carbocycles. The van der Waals surface area contributed by atoms with Crippen LogP contribution in [0.2, 0.25) is 0 Å². The van der Waals surface area contributed by atoms with E-state index < -0.39 is 0 Å². The van der Waals surface area contributed by atoms with Gasteiger partial charge in [0.25, 0.3) is 0 Å². The van der Waals surface area contributed by atoms with Gasteiger partial charge in [0.2, 0.25) is 0 Å². The third-order valence-electron chi connectivity index (χ3n) is 1.67. The van der Waals surface area contributed by atoms with Gasteiger partial charge in [-0.15, -0.1) is 0 Å². The summed E-state index contributed by atoms with van der Waals surface area (Å²) in [4.78, 5) is 9.69. The van der Waals surface area contributed by atoms with E-state index >= 15 is 0 Å². The SMILES string of the molecule is CC(Nc1ccn[c]n1)N(C)C. The van der Waals surface area contributed by atoms with E-state index in [1.165, 1.54) is 0 Å². The van der Waals surface area contributed by atoms with Crippen molar-refractivity contribution in [3.05, 3.63) is 18.6 Å². The lowest BCUT2D eigenvalue weighted by molar-refractivity contribution is 0.343. The van der Waals surface area contributed by atoms with Crippen molar-refractivity contribution in [3.63, 3.8) is 0 Å². The van der Waals surface area contributed by atoms with Gasteiger partial charge in [0.15, 0.2) is 6.33 Å². The molecule has 1 heterocycles. The second-order valence-corrected chi connectivity index (χ2v) is 2.83. The van der Waals surface area contributed by atoms with Crippen LogP contribution < -0.4 is 5.32 Å². The first-order chi connectivity index (χ1) is 5.70. The standard InChI is InChI=1S/C8H13N4/c1-7(12(2)3)11-8-4-5-9-6-10-8/h4-5,7H,1-3H3,(H,9,10,11). The number of hydrogen-bond donors (Lipinski definition) is 1. The van der Waals surface area contributed by atoms with Crippen LogP contribution in [0.3, 0.4) is 0 Å². The summed E-state index contributed by atoms with van der Waals surface area (Å²) >= 11 is 0. The highest BCUT2D eigenvalue weighted by Crippen LogP contribution is 2.01. The Bertz CT molecular complexity index is 222. The molecule has 0 bridgehead atoms. The Morgan fingerprint density at radius 2 is 2.33 bits per heavy atom. The van der Waals surface area contributed by atoms with Crippen LogP contribution in [0.15, 0.2) is 12.3 Å². The van der Waals surface area contributed by atoms with Gasteiger partial charge in [-0.3, -0.25) is 4.90 Å². The molecule has 1 radical (unpaired) electrons. The zero-order chi connectivity index (χ0) is 8.97. The topological polar surface area (TPSA) is 41.1 Å². The second-order valence-electron chi connectivity index (χ2n) is 2.83. The van der Waals surface area contributed by atoms with Gasteiger partial charge in [-0.25, -0.2) is 9.97 Å². The summed E-state index contributed by atoms with van der Waals surface area (Å²) in [5.74, 6) is 0.797. The summed E-state index contributed by atoms with van der Waals surface area (Å²) in [5.41, 5.74) is 0. The molecule has 1 unspecified atom stereocenters. The lowest BCUT2D eigenvalue weighted by Gasteiger charge is -2.21. The van der Waals surface area contributed by atoms with Crippen LogP contribution >= 0.6 is 0 Å². The maximum Gasteiger partial charge on any atom is 0.199 e. The van der Waals surface area contributed by atoms with Crippen molar-refractivity contribution in [2.24, 2.45) is 0 Å². The minimum atomic E-state index is 0.258. The lowest BCUT2D eigenvalue weighted by Crippen LogP contribution is -2.32. The first-order valence-electron chi connectivity index (χ1n) is 3.82. The molecule has 1 aromatic heterocycles. The first-order valence-corrected chi connectivity index (χ1v) is 3.82. The number of aromatic nitrogens is 2. The van der Waals surface area contributed by atoms with Crippen molar-refractivity contribution in [1.82, 2.24) is 14.9 Å². The quantitative estimate of drug-likeness (QED) is 0.666. The fourth-order valence-electron chi connectivity index (χ4n) is 0.685. The third-order valence-corrected chi connectivity index (χ3v) is 1.67. The fourth-order valence-corrected chi connectivity index (χ4v) is 0.685. The van der Waals surface area contributed by atoms with Crippen molar-refractivity contribution < 1.29 is 0 Å². The van der Waals surface area contributed by atoms with E-state index in [2.05, 4.69) is 33.4 Å². The highest BCUT2D eigenvalue weighted by atomic mass is 15.2. The molecule has 0 spiro atoms. The predicted octanol–water partition coefficient (Wildman–Crippen LogP) is 0.596. The number of rotatable bonds is 3. The van der Waals surface area contributed by atoms with Gasteiger partial charge < -0.3 is 5.32 Å². The molecule has 12 heavy (non-hydrogen) atoms. The Balaban J connectivity index is 2.53. The van der Waals surface area contributed by atoms with Gasteiger partial charge in [0, 0.05) is 6.20 Å². The predicted molar refractivity (Wildman–Crippen MR) is 47.6 cm³/mol. The molecule has 1 rings (SSSR count). The molecule has 1 atom stereocenters. The Morgan fingerprint density at radius 3 is 2.83 bits per heavy atom. The number of anilines is 1. The van der Waals surface area contributed by atoms with Crippen molar-refractivity contribution in [2.75, 3.05) is 19.4 Å². The third kappa shape index (κ3) is 2.47. The normalized spacial score (nSPS) is 13.0. The molecule has 65 valence electrons. The molecule has 0 aliphatic rings. The van der Waals surface area contributed by atoms with Crippen LogP contribution in [0.5, 0.6) is 0 Å². The Morgan fingerprint density at radius 1 is 1.58 bits per heavy atom. The van der Waals surface area contributed by atoms with Crippen LogP contribution in [-0.2, 0) is 0 Å². The zero-order valence-electron chi connectivity index (χ0n) is 7.57. The van der Waals surface area contributed by atoms with E-state index in [0.717, 1.165) is 5.82 Å². The molecule has 4 nitrogen and oxygen atoms in total. The van der Waals surface area contributed by atoms with Crippen LogP contribution in [0.25, 0.3) is 0 Å². The van der Waals surface area contributed by atoms with Crippen LogP contribution in [-0.4, -0.2) is 35.1 Å². The maximum absolute atomic E-state index is 3.93. The minimum absolute atomic E-state index is 0.258. The van der Waals surface area contributed by atoms with Gasteiger partial charge in [0.05, 0.1) is 6.17 Å². The van der Waals surface area contributed by atoms with Crippen molar-refractivity contribution >= 4 is 5.82 Å². The Labute approximate surface area is 72.6 Å². The monoisotopic (exact) mass is 165 g/mol. The summed E-state index contributed by atoms with van der Waals surface area (Å²) in [6, 6.07) is 1.82. The van der Waals surface area contributed by atoms with Gasteiger partial charge in [0.1, 0.15) is 5.82 Å². The molecule has 0 saturated heterocycles. The highest BCUT2D eigenvalue weighted by molar-refractivity contribution is 5.32. The average Bonchev–Trinajstić information content (AvgIpc) is 2.06. The average molecular weight is 165 g/mol. The molecule has 1 N–H and O–H groups in total. The summed E-state index contributed by atoms with van der Waals surface area (Å²) in [5, 5.41) is 3.18. The molecule has 0 aliphatic heterocycles. The summed E-state index contributed by atoms with van der Waals surface area (Å²) < 4.78 is 0. The number of nitrogens with zero attached hydrogens (tertiary/aromatic N) is 3. The molecular weight excluding hydrogens is 152 g/mol. The van der Waals surface area contributed by atoms with Crippen molar-refractivity contribution in [2.45, 2.75) is 13.1 Å². The molecule has 0 amide bonds. The molecule has 1 aromatic rings. The van der Waals surface area contributed by atoms with E-state index in [4.69, 9.17) is 0 Å². The van der Waals surface area contributed by atoms with E-state index in [1.54, 1.807) is 6.20 Å². The van der Waals surface area contributed by atoms with Gasteiger partial charge >= 0.3 is 0 Å². The summed E-state index contributed by atoms with van der Waals surface area (Å²) in [6.45, 7) is 2.06. The van der Waals surface area contributed by atoms with E-state index in [9.17, 15) is 0 Å². The molecular formula is C8H13N4. The minimum Gasteiger partial charge on any atom is -0.355 e.